The second-order valence-corrected chi connectivity index (χ2v) is 7.98. The van der Waals surface area contributed by atoms with Crippen molar-refractivity contribution in [2.24, 2.45) is 0 Å². The van der Waals surface area contributed by atoms with Gasteiger partial charge >= 0.3 is 0 Å². The molecule has 0 saturated carbocycles. The van der Waals surface area contributed by atoms with Gasteiger partial charge in [0.05, 0.1) is 17.0 Å². The van der Waals surface area contributed by atoms with Crippen LogP contribution in [0.25, 0.3) is 21.5 Å². The molecule has 0 aliphatic rings. The molecule has 0 spiro atoms. The minimum Gasteiger partial charge on any atom is -0.302 e. The summed E-state index contributed by atoms with van der Waals surface area (Å²) in [5.41, 5.74) is 1.75. The van der Waals surface area contributed by atoms with Gasteiger partial charge in [0.2, 0.25) is 5.91 Å². The molecular formula is C21H19N5OS2. The second-order valence-electron chi connectivity index (χ2n) is 6.59. The number of allylic oxidation sites excluding steroid dienone is 1. The predicted molar refractivity (Wildman–Crippen MR) is 120 cm³/mol. The van der Waals surface area contributed by atoms with Gasteiger partial charge in [0.25, 0.3) is 0 Å². The lowest BCUT2D eigenvalue weighted by atomic mass is 10.1. The molecule has 2 heterocycles. The largest absolute Gasteiger partial charge is 0.302 e. The number of thiazole rings is 1. The van der Waals surface area contributed by atoms with Gasteiger partial charge in [0.1, 0.15) is 0 Å². The molecule has 0 saturated heterocycles. The molecule has 146 valence electrons. The summed E-state index contributed by atoms with van der Waals surface area (Å²) in [6.45, 7) is 6.20. The van der Waals surface area contributed by atoms with Gasteiger partial charge in [-0.1, -0.05) is 59.9 Å². The molecule has 0 fully saturated rings. The second kappa shape index (κ2) is 8.10. The molecule has 2 N–H and O–H groups in total. The topological polar surface area (TPSA) is 75.6 Å². The molecule has 2 aromatic heterocycles. The number of hydrogen-bond donors (Lipinski definition) is 2. The SMILES string of the molecule is C=CCn1c(-c2sc(NC(=O)Cc3ccc4ccccc4c3)nc2C)n[nH]c1=S. The standard InChI is InChI=1S/C21H19N5OS2/c1-3-10-26-19(24-25-21(26)28)18-13(2)22-20(29-18)23-17(27)12-14-8-9-15-6-4-5-7-16(15)11-14/h3-9,11H,1,10,12H2,2H3,(H,25,28)(H,22,23,27). The highest BCUT2D eigenvalue weighted by Gasteiger charge is 2.17. The van der Waals surface area contributed by atoms with Crippen molar-refractivity contribution in [1.82, 2.24) is 19.7 Å². The van der Waals surface area contributed by atoms with Crippen molar-refractivity contribution in [1.29, 1.82) is 0 Å². The van der Waals surface area contributed by atoms with Crippen LogP contribution in [0.4, 0.5) is 5.13 Å². The predicted octanol–water partition coefficient (Wildman–Crippen LogP) is 4.89. The summed E-state index contributed by atoms with van der Waals surface area (Å²) >= 11 is 6.66. The third-order valence-corrected chi connectivity index (χ3v) is 5.88. The van der Waals surface area contributed by atoms with Crippen LogP contribution in [0.3, 0.4) is 0 Å². The Kier molecular flexibility index (Phi) is 5.37. The molecule has 8 heteroatoms. The van der Waals surface area contributed by atoms with Crippen molar-refractivity contribution < 1.29 is 4.79 Å². The number of aromatic amines is 1. The fourth-order valence-corrected chi connectivity index (χ4v) is 4.33. The number of H-pyrrole nitrogens is 1. The zero-order valence-electron chi connectivity index (χ0n) is 15.8. The van der Waals surface area contributed by atoms with Crippen molar-refractivity contribution in [2.45, 2.75) is 19.9 Å². The molecule has 1 amide bonds. The van der Waals surface area contributed by atoms with E-state index in [0.717, 1.165) is 26.9 Å². The van der Waals surface area contributed by atoms with Crippen molar-refractivity contribution in [3.05, 3.63) is 71.1 Å². The highest BCUT2D eigenvalue weighted by Crippen LogP contribution is 2.31. The van der Waals surface area contributed by atoms with Crippen LogP contribution in [0.2, 0.25) is 0 Å². The molecule has 0 radical (unpaired) electrons. The number of nitrogens with zero attached hydrogens (tertiary/aromatic N) is 3. The van der Waals surface area contributed by atoms with E-state index in [9.17, 15) is 4.79 Å². The van der Waals surface area contributed by atoms with Gasteiger partial charge in [-0.15, -0.1) is 6.58 Å². The minimum atomic E-state index is -0.106. The molecule has 0 unspecified atom stereocenters. The number of fused-ring (bicyclic) bond motifs is 1. The van der Waals surface area contributed by atoms with Gasteiger partial charge in [0, 0.05) is 6.54 Å². The number of benzene rings is 2. The van der Waals surface area contributed by atoms with Gasteiger partial charge in [-0.3, -0.25) is 14.5 Å². The van der Waals surface area contributed by atoms with E-state index in [4.69, 9.17) is 12.2 Å². The maximum Gasteiger partial charge on any atom is 0.230 e. The molecule has 4 rings (SSSR count). The average molecular weight is 422 g/mol. The van der Waals surface area contributed by atoms with E-state index in [0.29, 0.717) is 22.3 Å². The van der Waals surface area contributed by atoms with Crippen molar-refractivity contribution in [3.8, 4) is 10.7 Å². The summed E-state index contributed by atoms with van der Waals surface area (Å²) in [6, 6.07) is 14.2. The van der Waals surface area contributed by atoms with E-state index < -0.39 is 0 Å². The number of rotatable bonds is 6. The molecule has 29 heavy (non-hydrogen) atoms. The van der Waals surface area contributed by atoms with E-state index in [1.807, 2.05) is 47.9 Å². The Morgan fingerprint density at radius 1 is 1.31 bits per heavy atom. The molecule has 6 nitrogen and oxygen atoms in total. The zero-order valence-corrected chi connectivity index (χ0v) is 17.4. The smallest absolute Gasteiger partial charge is 0.230 e. The highest BCUT2D eigenvalue weighted by atomic mass is 32.1. The number of anilines is 1. The van der Waals surface area contributed by atoms with Gasteiger partial charge in [-0.25, -0.2) is 4.98 Å². The quantitative estimate of drug-likeness (QED) is 0.343. The number of hydrogen-bond acceptors (Lipinski definition) is 5. The molecule has 0 atom stereocenters. The first-order chi connectivity index (χ1) is 14.0. The molecule has 2 aromatic carbocycles. The Hall–Kier alpha value is -3.10. The van der Waals surface area contributed by atoms with Crippen LogP contribution in [0, 0.1) is 11.7 Å². The molecular weight excluding hydrogens is 402 g/mol. The van der Waals surface area contributed by atoms with Crippen molar-refractivity contribution in [2.75, 3.05) is 5.32 Å². The number of aromatic nitrogens is 4. The van der Waals surface area contributed by atoms with Crippen LogP contribution in [0.1, 0.15) is 11.3 Å². The summed E-state index contributed by atoms with van der Waals surface area (Å²) in [7, 11) is 0. The number of nitrogens with one attached hydrogen (secondary N) is 2. The molecule has 0 bridgehead atoms. The Morgan fingerprint density at radius 2 is 2.10 bits per heavy atom. The van der Waals surface area contributed by atoms with E-state index in [1.54, 1.807) is 6.08 Å². The maximum absolute atomic E-state index is 12.5. The Morgan fingerprint density at radius 3 is 2.90 bits per heavy atom. The van der Waals surface area contributed by atoms with E-state index >= 15 is 0 Å². The third kappa shape index (κ3) is 4.03. The maximum atomic E-state index is 12.5. The zero-order chi connectivity index (χ0) is 20.4. The first kappa shape index (κ1) is 19.2. The Balaban J connectivity index is 1.52. The van der Waals surface area contributed by atoms with E-state index in [-0.39, 0.29) is 12.3 Å². The Labute approximate surface area is 176 Å². The summed E-state index contributed by atoms with van der Waals surface area (Å²) in [6.07, 6.45) is 2.05. The molecule has 0 aliphatic carbocycles. The summed E-state index contributed by atoms with van der Waals surface area (Å²) < 4.78 is 2.37. The fraction of sp³-hybridized carbons (Fsp3) is 0.143. The number of carbonyl (C=O) groups excluding carboxylic acids is 1. The van der Waals surface area contributed by atoms with Crippen LogP contribution >= 0.6 is 23.6 Å². The number of aryl methyl sites for hydroxylation is 1. The van der Waals surface area contributed by atoms with Crippen molar-refractivity contribution in [3.63, 3.8) is 0 Å². The van der Waals surface area contributed by atoms with Gasteiger partial charge in [0.15, 0.2) is 15.7 Å². The fourth-order valence-electron chi connectivity index (χ4n) is 3.14. The van der Waals surface area contributed by atoms with E-state index in [2.05, 4.69) is 33.1 Å². The lowest BCUT2D eigenvalue weighted by Crippen LogP contribution is -2.14. The summed E-state index contributed by atoms with van der Waals surface area (Å²) in [5, 5.41) is 12.8. The van der Waals surface area contributed by atoms with Gasteiger partial charge in [-0.2, -0.15) is 5.10 Å². The average Bonchev–Trinajstić information content (AvgIpc) is 3.24. The van der Waals surface area contributed by atoms with Crippen LogP contribution in [-0.4, -0.2) is 25.7 Å². The first-order valence-electron chi connectivity index (χ1n) is 9.06. The van der Waals surface area contributed by atoms with Crippen LogP contribution in [-0.2, 0) is 17.8 Å². The summed E-state index contributed by atoms with van der Waals surface area (Å²) in [5.74, 6) is 0.588. The van der Waals surface area contributed by atoms with E-state index in [1.165, 1.54) is 11.3 Å². The molecule has 0 aliphatic heterocycles. The first-order valence-corrected chi connectivity index (χ1v) is 10.3. The van der Waals surface area contributed by atoms with Crippen LogP contribution < -0.4 is 5.32 Å². The number of carbonyl (C=O) groups is 1. The highest BCUT2D eigenvalue weighted by molar-refractivity contribution is 7.71. The molecule has 4 aromatic rings. The minimum absolute atomic E-state index is 0.106. The van der Waals surface area contributed by atoms with Gasteiger partial charge in [-0.05, 0) is 35.5 Å². The summed E-state index contributed by atoms with van der Waals surface area (Å²) in [4.78, 5) is 17.9. The Bertz CT molecular complexity index is 1270. The third-order valence-electron chi connectivity index (χ3n) is 4.49. The van der Waals surface area contributed by atoms with Crippen molar-refractivity contribution >= 4 is 45.4 Å². The van der Waals surface area contributed by atoms with Crippen LogP contribution in [0.5, 0.6) is 0 Å². The van der Waals surface area contributed by atoms with Crippen LogP contribution in [0.15, 0.2) is 55.1 Å². The monoisotopic (exact) mass is 421 g/mol. The number of amides is 1. The normalized spacial score (nSPS) is 10.9. The lowest BCUT2D eigenvalue weighted by Gasteiger charge is -2.04. The van der Waals surface area contributed by atoms with Gasteiger partial charge < -0.3 is 5.32 Å². The lowest BCUT2D eigenvalue weighted by molar-refractivity contribution is -0.115.